The summed E-state index contributed by atoms with van der Waals surface area (Å²) in [6.45, 7) is 4.72. The van der Waals surface area contributed by atoms with Gasteiger partial charge in [-0.1, -0.05) is 178 Å². The molecule has 0 fully saturated rings. The van der Waals surface area contributed by atoms with Crippen LogP contribution in [0.5, 0.6) is 0 Å². The average Bonchev–Trinajstić information content (AvgIpc) is 3.81. The van der Waals surface area contributed by atoms with Gasteiger partial charge in [-0.3, -0.25) is 0 Å². The van der Waals surface area contributed by atoms with E-state index in [0.29, 0.717) is 0 Å². The molecule has 0 bridgehead atoms. The second-order valence-electron chi connectivity index (χ2n) is 16.9. The first-order chi connectivity index (χ1) is 30.0. The van der Waals surface area contributed by atoms with E-state index in [-0.39, 0.29) is 5.41 Å². The summed E-state index contributed by atoms with van der Waals surface area (Å²) in [6.07, 6.45) is 0. The molecule has 2 nitrogen and oxygen atoms in total. The molecule has 0 aliphatic heterocycles. The maximum absolute atomic E-state index is 6.62. The van der Waals surface area contributed by atoms with Crippen molar-refractivity contribution in [3.8, 4) is 44.5 Å². The molecule has 0 amide bonds. The third-order valence-electron chi connectivity index (χ3n) is 13.1. The summed E-state index contributed by atoms with van der Waals surface area (Å²) >= 11 is 0. The number of para-hydroxylation sites is 1. The van der Waals surface area contributed by atoms with Crippen molar-refractivity contribution in [1.29, 1.82) is 0 Å². The van der Waals surface area contributed by atoms with Crippen LogP contribution in [-0.4, -0.2) is 0 Å². The van der Waals surface area contributed by atoms with E-state index in [1.165, 1.54) is 66.1 Å². The van der Waals surface area contributed by atoms with E-state index < -0.39 is 0 Å². The van der Waals surface area contributed by atoms with Crippen molar-refractivity contribution in [1.82, 2.24) is 0 Å². The van der Waals surface area contributed by atoms with Crippen LogP contribution in [0.4, 0.5) is 17.1 Å². The fourth-order valence-electron chi connectivity index (χ4n) is 9.99. The Kier molecular flexibility index (Phi) is 7.92. The van der Waals surface area contributed by atoms with Gasteiger partial charge in [0, 0.05) is 33.1 Å². The van der Waals surface area contributed by atoms with Gasteiger partial charge < -0.3 is 9.32 Å². The predicted octanol–water partition coefficient (Wildman–Crippen LogP) is 16.7. The Balaban J connectivity index is 1.09. The maximum Gasteiger partial charge on any atom is 0.136 e. The van der Waals surface area contributed by atoms with E-state index in [1.54, 1.807) is 0 Å². The lowest BCUT2D eigenvalue weighted by molar-refractivity contribution is 0.660. The zero-order chi connectivity index (χ0) is 40.7. The van der Waals surface area contributed by atoms with E-state index >= 15 is 0 Å². The van der Waals surface area contributed by atoms with Crippen LogP contribution in [0.3, 0.4) is 0 Å². The second-order valence-corrected chi connectivity index (χ2v) is 16.9. The van der Waals surface area contributed by atoms with Crippen molar-refractivity contribution >= 4 is 60.5 Å². The molecule has 2 heteroatoms. The Morgan fingerprint density at radius 1 is 0.377 bits per heavy atom. The van der Waals surface area contributed by atoms with Crippen molar-refractivity contribution in [2.75, 3.05) is 4.90 Å². The Hall–Kier alpha value is -7.68. The smallest absolute Gasteiger partial charge is 0.136 e. The molecule has 0 saturated heterocycles. The molecule has 0 radical (unpaired) electrons. The van der Waals surface area contributed by atoms with Gasteiger partial charge in [0.2, 0.25) is 0 Å². The van der Waals surface area contributed by atoms with Crippen molar-refractivity contribution in [2.45, 2.75) is 19.3 Å². The minimum absolute atomic E-state index is 0.156. The summed E-state index contributed by atoms with van der Waals surface area (Å²) in [5.74, 6) is 0. The van der Waals surface area contributed by atoms with Gasteiger partial charge in [0.05, 0.1) is 5.69 Å². The van der Waals surface area contributed by atoms with Crippen LogP contribution in [-0.2, 0) is 5.41 Å². The fourth-order valence-corrected chi connectivity index (χ4v) is 9.99. The van der Waals surface area contributed by atoms with Crippen LogP contribution < -0.4 is 4.90 Å². The van der Waals surface area contributed by atoms with Gasteiger partial charge >= 0.3 is 0 Å². The number of hydrogen-bond donors (Lipinski definition) is 0. The van der Waals surface area contributed by atoms with Crippen LogP contribution >= 0.6 is 0 Å². The molecule has 1 aliphatic rings. The van der Waals surface area contributed by atoms with E-state index in [9.17, 15) is 0 Å². The highest BCUT2D eigenvalue weighted by atomic mass is 16.3. The lowest BCUT2D eigenvalue weighted by atomic mass is 9.82. The monoisotopic (exact) mass is 779 g/mol. The lowest BCUT2D eigenvalue weighted by Gasteiger charge is -2.30. The summed E-state index contributed by atoms with van der Waals surface area (Å²) < 4.78 is 6.62. The molecule has 1 heterocycles. The van der Waals surface area contributed by atoms with Gasteiger partial charge in [-0.2, -0.15) is 0 Å². The summed E-state index contributed by atoms with van der Waals surface area (Å²) in [5, 5.41) is 7.15. The SMILES string of the molecule is CC1(C)c2ccccc2-c2ccc(N(c3ccc(-c4ccc(-c5ccccc5)cc4)cc3)c3ccc4oc5ccccc5c4c3-c3ccc4ccc5ccccc5c4c3)cc21. The Bertz CT molecular complexity index is 3480. The highest BCUT2D eigenvalue weighted by Gasteiger charge is 2.36. The van der Waals surface area contributed by atoms with Crippen LogP contribution in [0, 0.1) is 0 Å². The Morgan fingerprint density at radius 2 is 0.951 bits per heavy atom. The minimum atomic E-state index is -0.156. The van der Waals surface area contributed by atoms with Gasteiger partial charge in [-0.15, -0.1) is 0 Å². The summed E-state index contributed by atoms with van der Waals surface area (Å²) in [6, 6.07) is 77.5. The number of furan rings is 1. The molecule has 0 unspecified atom stereocenters. The molecule has 0 N–H and O–H groups in total. The van der Waals surface area contributed by atoms with Crippen LogP contribution in [0.2, 0.25) is 0 Å². The third-order valence-corrected chi connectivity index (χ3v) is 13.1. The van der Waals surface area contributed by atoms with Crippen LogP contribution in [0.25, 0.3) is 88.0 Å². The molecule has 288 valence electrons. The molecule has 12 rings (SSSR count). The zero-order valence-corrected chi connectivity index (χ0v) is 34.1. The maximum atomic E-state index is 6.62. The summed E-state index contributed by atoms with van der Waals surface area (Å²) in [5.41, 5.74) is 17.3. The van der Waals surface area contributed by atoms with Crippen molar-refractivity contribution in [2.24, 2.45) is 0 Å². The van der Waals surface area contributed by atoms with E-state index in [4.69, 9.17) is 4.42 Å². The first kappa shape index (κ1) is 35.3. The molecule has 1 aromatic heterocycles. The summed E-state index contributed by atoms with van der Waals surface area (Å²) in [7, 11) is 0. The quantitative estimate of drug-likeness (QED) is 0.156. The topological polar surface area (TPSA) is 16.4 Å². The first-order valence-corrected chi connectivity index (χ1v) is 21.2. The lowest BCUT2D eigenvalue weighted by Crippen LogP contribution is -2.17. The largest absolute Gasteiger partial charge is 0.456 e. The van der Waals surface area contributed by atoms with E-state index in [2.05, 4.69) is 231 Å². The number of fused-ring (bicyclic) bond motifs is 9. The van der Waals surface area contributed by atoms with Gasteiger partial charge in [0.25, 0.3) is 0 Å². The third kappa shape index (κ3) is 5.64. The molecule has 1 aliphatic carbocycles. The molecule has 61 heavy (non-hydrogen) atoms. The van der Waals surface area contributed by atoms with E-state index in [0.717, 1.165) is 50.1 Å². The molecular formula is C59H41NO. The number of rotatable bonds is 6. The number of hydrogen-bond acceptors (Lipinski definition) is 2. The molecule has 0 atom stereocenters. The first-order valence-electron chi connectivity index (χ1n) is 21.2. The highest BCUT2D eigenvalue weighted by molar-refractivity contribution is 6.18. The van der Waals surface area contributed by atoms with Crippen molar-refractivity contribution in [3.63, 3.8) is 0 Å². The van der Waals surface area contributed by atoms with Gasteiger partial charge in [0.1, 0.15) is 11.2 Å². The minimum Gasteiger partial charge on any atom is -0.456 e. The molecule has 11 aromatic rings. The zero-order valence-electron chi connectivity index (χ0n) is 34.1. The second kappa shape index (κ2) is 13.7. The highest BCUT2D eigenvalue weighted by Crippen LogP contribution is 2.53. The van der Waals surface area contributed by atoms with Crippen LogP contribution in [0.1, 0.15) is 25.0 Å². The number of anilines is 3. The standard InChI is InChI=1S/C59H41NO/c1-59(2)52-18-10-8-16-48(52)49-33-32-46(37-53(49)59)60(45-30-28-41(29-31-45)40-22-20-39(21-23-40)38-12-4-3-5-13-38)54-34-35-56-58(50-17-9-11-19-55(50)61-56)57(54)44-27-26-43-25-24-42-14-6-7-15-47(42)51(43)36-44/h3-37H,1-2H3. The average molecular weight is 780 g/mol. The Labute approximate surface area is 355 Å². The van der Waals surface area contributed by atoms with Crippen molar-refractivity contribution in [3.05, 3.63) is 223 Å². The number of nitrogens with zero attached hydrogens (tertiary/aromatic N) is 1. The van der Waals surface area contributed by atoms with Crippen LogP contribution in [0.15, 0.2) is 217 Å². The van der Waals surface area contributed by atoms with Gasteiger partial charge in [-0.25, -0.2) is 0 Å². The van der Waals surface area contributed by atoms with E-state index in [1.807, 2.05) is 0 Å². The number of benzene rings is 10. The molecule has 10 aromatic carbocycles. The summed E-state index contributed by atoms with van der Waals surface area (Å²) in [4.78, 5) is 2.46. The molecular weight excluding hydrogens is 739 g/mol. The van der Waals surface area contributed by atoms with Gasteiger partial charge in [0.15, 0.2) is 0 Å². The van der Waals surface area contributed by atoms with Crippen molar-refractivity contribution < 1.29 is 4.42 Å². The predicted molar refractivity (Wildman–Crippen MR) is 257 cm³/mol. The molecule has 0 spiro atoms. The fraction of sp³-hybridized carbons (Fsp3) is 0.0508. The van der Waals surface area contributed by atoms with Gasteiger partial charge in [-0.05, 0) is 120 Å². The Morgan fingerprint density at radius 3 is 1.74 bits per heavy atom. The normalized spacial score (nSPS) is 12.9. The molecule has 0 saturated carbocycles.